The molecule has 0 aliphatic rings. The van der Waals surface area contributed by atoms with E-state index in [1.807, 2.05) is 24.3 Å². The number of rotatable bonds is 5. The Morgan fingerprint density at radius 3 is 2.69 bits per heavy atom. The fourth-order valence-electron chi connectivity index (χ4n) is 2.40. The smallest absolute Gasteiger partial charge is 0.267 e. The lowest BCUT2D eigenvalue weighted by atomic mass is 10.2. The Kier molecular flexibility index (Phi) is 5.18. The quantitative estimate of drug-likeness (QED) is 0.669. The molecule has 134 valence electrons. The van der Waals surface area contributed by atoms with E-state index in [9.17, 15) is 9.18 Å². The highest BCUT2D eigenvalue weighted by Gasteiger charge is 2.16. The first-order valence-corrected chi connectivity index (χ1v) is 8.74. The normalized spacial score (nSPS) is 10.5. The lowest BCUT2D eigenvalue weighted by Gasteiger charge is -2.06. The molecule has 0 spiro atoms. The van der Waals surface area contributed by atoms with Crippen molar-refractivity contribution >= 4 is 33.8 Å². The highest BCUT2D eigenvalue weighted by Crippen LogP contribution is 2.28. The summed E-state index contributed by atoms with van der Waals surface area (Å²) in [6, 6.07) is 11.9. The van der Waals surface area contributed by atoms with Gasteiger partial charge in [-0.25, -0.2) is 9.37 Å². The van der Waals surface area contributed by atoms with Crippen LogP contribution in [0.2, 0.25) is 0 Å². The van der Waals surface area contributed by atoms with Crippen molar-refractivity contribution in [1.29, 1.82) is 0 Å². The van der Waals surface area contributed by atoms with E-state index in [1.54, 1.807) is 27.0 Å². The van der Waals surface area contributed by atoms with E-state index in [4.69, 9.17) is 4.74 Å². The topological polar surface area (TPSA) is 63.2 Å². The highest BCUT2D eigenvalue weighted by atomic mass is 32.1. The van der Waals surface area contributed by atoms with Gasteiger partial charge in [-0.15, -0.1) is 0 Å². The second-order valence-corrected chi connectivity index (χ2v) is 6.71. The molecule has 0 aliphatic heterocycles. The Labute approximate surface area is 154 Å². The van der Waals surface area contributed by atoms with Crippen molar-refractivity contribution in [1.82, 2.24) is 4.98 Å². The maximum absolute atomic E-state index is 13.3. The number of amides is 1. The van der Waals surface area contributed by atoms with E-state index in [0.717, 1.165) is 11.4 Å². The number of anilines is 3. The third kappa shape index (κ3) is 4.00. The summed E-state index contributed by atoms with van der Waals surface area (Å²) < 4.78 is 18.5. The zero-order valence-corrected chi connectivity index (χ0v) is 15.4. The van der Waals surface area contributed by atoms with Gasteiger partial charge in [0.25, 0.3) is 5.91 Å². The van der Waals surface area contributed by atoms with Gasteiger partial charge in [0.05, 0.1) is 12.8 Å². The molecule has 0 saturated carbocycles. The fraction of sp³-hybridized carbons (Fsp3) is 0.158. The number of benzene rings is 2. The minimum Gasteiger partial charge on any atom is -0.497 e. The molecular weight excluding hydrogens is 353 g/mol. The number of carbonyl (C=O) groups is 1. The van der Waals surface area contributed by atoms with E-state index in [-0.39, 0.29) is 11.7 Å². The maximum Gasteiger partial charge on any atom is 0.267 e. The van der Waals surface area contributed by atoms with Crippen molar-refractivity contribution in [2.45, 2.75) is 13.8 Å². The molecule has 7 heteroatoms. The summed E-state index contributed by atoms with van der Waals surface area (Å²) >= 11 is 1.25. The molecule has 1 amide bonds. The average molecular weight is 371 g/mol. The summed E-state index contributed by atoms with van der Waals surface area (Å²) in [4.78, 5) is 17.4. The van der Waals surface area contributed by atoms with Crippen molar-refractivity contribution in [3.63, 3.8) is 0 Å². The van der Waals surface area contributed by atoms with Crippen LogP contribution < -0.4 is 15.4 Å². The summed E-state index contributed by atoms with van der Waals surface area (Å²) in [6.07, 6.45) is 0. The average Bonchev–Trinajstić information content (AvgIpc) is 2.98. The monoisotopic (exact) mass is 371 g/mol. The number of hydrogen-bond acceptors (Lipinski definition) is 5. The number of aromatic nitrogens is 1. The van der Waals surface area contributed by atoms with Crippen molar-refractivity contribution in [3.8, 4) is 5.75 Å². The van der Waals surface area contributed by atoms with Crippen molar-refractivity contribution in [2.75, 3.05) is 17.7 Å². The van der Waals surface area contributed by atoms with Crippen molar-refractivity contribution < 1.29 is 13.9 Å². The number of halogens is 1. The fourth-order valence-corrected chi connectivity index (χ4v) is 3.28. The maximum atomic E-state index is 13.3. The molecule has 0 atom stereocenters. The van der Waals surface area contributed by atoms with E-state index in [1.165, 1.54) is 23.5 Å². The van der Waals surface area contributed by atoms with Gasteiger partial charge >= 0.3 is 0 Å². The Morgan fingerprint density at radius 2 is 1.96 bits per heavy atom. The van der Waals surface area contributed by atoms with E-state index in [0.29, 0.717) is 27.0 Å². The van der Waals surface area contributed by atoms with Gasteiger partial charge in [0, 0.05) is 17.4 Å². The van der Waals surface area contributed by atoms with Crippen LogP contribution in [0.5, 0.6) is 5.75 Å². The van der Waals surface area contributed by atoms with Gasteiger partial charge in [0.15, 0.2) is 5.13 Å². The Bertz CT molecular complexity index is 956. The van der Waals surface area contributed by atoms with Gasteiger partial charge in [0.2, 0.25) is 0 Å². The Hall–Kier alpha value is -2.93. The lowest BCUT2D eigenvalue weighted by Crippen LogP contribution is -2.11. The number of nitrogens with one attached hydrogen (secondary N) is 2. The highest BCUT2D eigenvalue weighted by molar-refractivity contribution is 7.17. The number of carbonyl (C=O) groups excluding carboxylic acids is 1. The van der Waals surface area contributed by atoms with Gasteiger partial charge in [0.1, 0.15) is 16.4 Å². The Morgan fingerprint density at radius 1 is 1.15 bits per heavy atom. The van der Waals surface area contributed by atoms with Gasteiger partial charge in [-0.3, -0.25) is 4.79 Å². The summed E-state index contributed by atoms with van der Waals surface area (Å²) in [6.45, 7) is 3.43. The molecule has 5 nitrogen and oxygen atoms in total. The van der Waals surface area contributed by atoms with E-state index in [2.05, 4.69) is 15.6 Å². The standard InChI is InChI=1S/C19H18FN3O2S/c1-11-9-14(7-8-16(11)20)22-18(24)17-12(2)21-19(26-17)23-13-5-4-6-15(10-13)25-3/h4-10H,1-3H3,(H,21,23)(H,22,24). The number of ether oxygens (including phenoxy) is 1. The third-order valence-electron chi connectivity index (χ3n) is 3.74. The predicted octanol–water partition coefficient (Wildman–Crippen LogP) is 4.90. The van der Waals surface area contributed by atoms with Gasteiger partial charge in [-0.1, -0.05) is 17.4 Å². The van der Waals surface area contributed by atoms with Gasteiger partial charge < -0.3 is 15.4 Å². The van der Waals surface area contributed by atoms with Gasteiger partial charge in [-0.2, -0.15) is 0 Å². The van der Waals surface area contributed by atoms with E-state index >= 15 is 0 Å². The first kappa shape index (κ1) is 17.9. The zero-order chi connectivity index (χ0) is 18.7. The number of thiazole rings is 1. The molecule has 26 heavy (non-hydrogen) atoms. The molecule has 0 unspecified atom stereocenters. The molecule has 2 aromatic carbocycles. The first-order valence-electron chi connectivity index (χ1n) is 7.92. The minimum atomic E-state index is -0.304. The molecule has 0 fully saturated rings. The number of hydrogen-bond donors (Lipinski definition) is 2. The van der Waals surface area contributed by atoms with Crippen LogP contribution in [0, 0.1) is 19.7 Å². The molecule has 3 rings (SSSR count). The SMILES string of the molecule is COc1cccc(Nc2nc(C)c(C(=O)Nc3ccc(F)c(C)c3)s2)c1. The Balaban J connectivity index is 1.76. The molecule has 1 aromatic heterocycles. The summed E-state index contributed by atoms with van der Waals surface area (Å²) in [5.41, 5.74) is 2.46. The molecule has 2 N–H and O–H groups in total. The van der Waals surface area contributed by atoms with Crippen LogP contribution in [0.4, 0.5) is 20.9 Å². The van der Waals surface area contributed by atoms with Crippen molar-refractivity contribution in [3.05, 3.63) is 64.4 Å². The molecule has 0 aliphatic carbocycles. The van der Waals surface area contributed by atoms with Crippen LogP contribution in [-0.2, 0) is 0 Å². The van der Waals surface area contributed by atoms with Crippen LogP contribution in [0.25, 0.3) is 0 Å². The van der Waals surface area contributed by atoms with Crippen LogP contribution in [0.1, 0.15) is 20.9 Å². The van der Waals surface area contributed by atoms with Crippen LogP contribution in [0.3, 0.4) is 0 Å². The summed E-state index contributed by atoms with van der Waals surface area (Å²) in [7, 11) is 1.60. The largest absolute Gasteiger partial charge is 0.497 e. The molecule has 3 aromatic rings. The molecular formula is C19H18FN3O2S. The van der Waals surface area contributed by atoms with Crippen LogP contribution in [-0.4, -0.2) is 18.0 Å². The number of aryl methyl sites for hydroxylation is 2. The summed E-state index contributed by atoms with van der Waals surface area (Å²) in [5, 5.41) is 6.56. The number of methoxy groups -OCH3 is 1. The van der Waals surface area contributed by atoms with Crippen LogP contribution in [0.15, 0.2) is 42.5 Å². The molecule has 0 bridgehead atoms. The minimum absolute atomic E-state index is 0.273. The summed E-state index contributed by atoms with van der Waals surface area (Å²) in [5.74, 6) is 0.152. The first-order chi connectivity index (χ1) is 12.5. The molecule has 1 heterocycles. The lowest BCUT2D eigenvalue weighted by molar-refractivity contribution is 0.103. The van der Waals surface area contributed by atoms with E-state index < -0.39 is 0 Å². The molecule has 0 saturated heterocycles. The second kappa shape index (κ2) is 7.53. The van der Waals surface area contributed by atoms with Gasteiger partial charge in [-0.05, 0) is 49.7 Å². The van der Waals surface area contributed by atoms with Crippen molar-refractivity contribution in [2.24, 2.45) is 0 Å². The second-order valence-electron chi connectivity index (χ2n) is 5.71. The molecule has 0 radical (unpaired) electrons. The zero-order valence-electron chi connectivity index (χ0n) is 14.6. The number of nitrogens with zero attached hydrogens (tertiary/aromatic N) is 1. The predicted molar refractivity (Wildman–Crippen MR) is 102 cm³/mol. The van der Waals surface area contributed by atoms with Crippen LogP contribution >= 0.6 is 11.3 Å². The third-order valence-corrected chi connectivity index (χ3v) is 4.81.